The third kappa shape index (κ3) is 5.53. The first-order valence-electron chi connectivity index (χ1n) is 7.92. The number of hydrogen-bond acceptors (Lipinski definition) is 4. The summed E-state index contributed by atoms with van der Waals surface area (Å²) in [5, 5.41) is 8.32. The van der Waals surface area contributed by atoms with Crippen molar-refractivity contribution in [2.75, 3.05) is 13.6 Å². The highest BCUT2D eigenvalue weighted by Crippen LogP contribution is 2.23. The van der Waals surface area contributed by atoms with Gasteiger partial charge in [0, 0.05) is 13.6 Å². The summed E-state index contributed by atoms with van der Waals surface area (Å²) in [6, 6.07) is 10.7. The van der Waals surface area contributed by atoms with Gasteiger partial charge in [-0.25, -0.2) is 9.37 Å². The molecule has 0 fully saturated rings. The second kappa shape index (κ2) is 10.3. The van der Waals surface area contributed by atoms with Gasteiger partial charge in [-0.15, -0.1) is 35.3 Å². The molecule has 1 aromatic carbocycles. The minimum atomic E-state index is -0.184. The number of nitrogens with one attached hydrogen (secondary N) is 2. The van der Waals surface area contributed by atoms with Crippen molar-refractivity contribution in [3.8, 4) is 10.8 Å². The van der Waals surface area contributed by atoms with Crippen LogP contribution in [0.4, 0.5) is 4.39 Å². The molecule has 0 aliphatic carbocycles. The van der Waals surface area contributed by atoms with Gasteiger partial charge in [0.2, 0.25) is 5.89 Å². The third-order valence-corrected chi connectivity index (χ3v) is 4.45. The summed E-state index contributed by atoms with van der Waals surface area (Å²) in [5.74, 6) is 1.07. The van der Waals surface area contributed by atoms with E-state index >= 15 is 0 Å². The topological polar surface area (TPSA) is 62.5 Å². The zero-order valence-corrected chi connectivity index (χ0v) is 17.4. The van der Waals surface area contributed by atoms with E-state index in [2.05, 4.69) is 20.6 Å². The maximum absolute atomic E-state index is 13.6. The molecule has 0 saturated heterocycles. The molecule has 0 saturated carbocycles. The van der Waals surface area contributed by atoms with Gasteiger partial charge in [0.05, 0.1) is 17.1 Å². The maximum Gasteiger partial charge on any atom is 0.236 e. The first-order chi connectivity index (χ1) is 12.3. The van der Waals surface area contributed by atoms with Gasteiger partial charge in [-0.3, -0.25) is 4.99 Å². The first-order valence-corrected chi connectivity index (χ1v) is 8.80. The molecular weight excluding hydrogens is 466 g/mol. The Kier molecular flexibility index (Phi) is 8.05. The van der Waals surface area contributed by atoms with Gasteiger partial charge in [-0.05, 0) is 29.5 Å². The van der Waals surface area contributed by atoms with Crippen molar-refractivity contribution in [3.63, 3.8) is 0 Å². The fourth-order valence-electron chi connectivity index (χ4n) is 2.31. The largest absolute Gasteiger partial charge is 0.443 e. The van der Waals surface area contributed by atoms with E-state index in [0.29, 0.717) is 36.9 Å². The fourth-order valence-corrected chi connectivity index (χ4v) is 2.97. The molecule has 0 unspecified atom stereocenters. The second-order valence-electron chi connectivity index (χ2n) is 5.32. The number of aliphatic imine (C=N–C) groups is 1. The van der Waals surface area contributed by atoms with Gasteiger partial charge in [-0.1, -0.05) is 24.3 Å². The number of rotatable bonds is 6. The number of thiophene rings is 1. The van der Waals surface area contributed by atoms with E-state index in [1.54, 1.807) is 36.8 Å². The average Bonchev–Trinajstić information content (AvgIpc) is 3.30. The molecule has 0 radical (unpaired) electrons. The molecule has 3 aromatic rings. The molecule has 26 heavy (non-hydrogen) atoms. The Balaban J connectivity index is 0.00000243. The summed E-state index contributed by atoms with van der Waals surface area (Å²) < 4.78 is 19.1. The van der Waals surface area contributed by atoms with Gasteiger partial charge in [-0.2, -0.15) is 0 Å². The number of aromatic nitrogens is 1. The number of halogens is 2. The molecule has 2 aromatic heterocycles. The first kappa shape index (κ1) is 20.4. The molecule has 2 heterocycles. The van der Waals surface area contributed by atoms with Crippen LogP contribution in [0.5, 0.6) is 0 Å². The van der Waals surface area contributed by atoms with E-state index in [-0.39, 0.29) is 29.8 Å². The van der Waals surface area contributed by atoms with E-state index < -0.39 is 0 Å². The predicted octanol–water partition coefficient (Wildman–Crippen LogP) is 4.07. The summed E-state index contributed by atoms with van der Waals surface area (Å²) >= 11 is 1.59. The van der Waals surface area contributed by atoms with Crippen LogP contribution in [-0.2, 0) is 13.0 Å². The Labute approximate surface area is 172 Å². The van der Waals surface area contributed by atoms with E-state index in [4.69, 9.17) is 4.42 Å². The van der Waals surface area contributed by atoms with Crippen molar-refractivity contribution in [3.05, 3.63) is 65.1 Å². The zero-order chi connectivity index (χ0) is 17.5. The number of guanidine groups is 1. The van der Waals surface area contributed by atoms with Crippen LogP contribution >= 0.6 is 35.3 Å². The van der Waals surface area contributed by atoms with Crippen molar-refractivity contribution in [1.82, 2.24) is 15.6 Å². The number of benzene rings is 1. The summed E-state index contributed by atoms with van der Waals surface area (Å²) in [5.41, 5.74) is 1.47. The smallest absolute Gasteiger partial charge is 0.236 e. The molecule has 0 amide bonds. The molecule has 5 nitrogen and oxygen atoms in total. The highest BCUT2D eigenvalue weighted by molar-refractivity contribution is 14.0. The molecule has 0 bridgehead atoms. The van der Waals surface area contributed by atoms with Crippen LogP contribution < -0.4 is 10.6 Å². The fraction of sp³-hybridized carbons (Fsp3) is 0.222. The molecule has 0 atom stereocenters. The van der Waals surface area contributed by atoms with Crippen molar-refractivity contribution in [2.45, 2.75) is 13.0 Å². The van der Waals surface area contributed by atoms with Gasteiger partial charge in [0.15, 0.2) is 5.96 Å². The van der Waals surface area contributed by atoms with Crippen molar-refractivity contribution >= 4 is 41.3 Å². The maximum atomic E-state index is 13.6. The summed E-state index contributed by atoms with van der Waals surface area (Å²) in [6.07, 6.45) is 2.22. The van der Waals surface area contributed by atoms with E-state index in [1.807, 2.05) is 23.6 Å². The normalized spacial score (nSPS) is 11.1. The van der Waals surface area contributed by atoms with Crippen molar-refractivity contribution in [1.29, 1.82) is 0 Å². The Morgan fingerprint density at radius 1 is 1.23 bits per heavy atom. The van der Waals surface area contributed by atoms with Gasteiger partial charge in [0.1, 0.15) is 12.1 Å². The molecule has 0 aliphatic rings. The van der Waals surface area contributed by atoms with Crippen LogP contribution in [0.1, 0.15) is 11.3 Å². The Morgan fingerprint density at radius 2 is 2.08 bits per heavy atom. The second-order valence-corrected chi connectivity index (χ2v) is 6.26. The third-order valence-electron chi connectivity index (χ3n) is 3.59. The summed E-state index contributed by atoms with van der Waals surface area (Å²) in [4.78, 5) is 9.60. The average molecular weight is 486 g/mol. The molecule has 8 heteroatoms. The lowest BCUT2D eigenvalue weighted by Gasteiger charge is -2.11. The lowest BCUT2D eigenvalue weighted by atomic mass is 10.1. The van der Waals surface area contributed by atoms with E-state index in [0.717, 1.165) is 10.6 Å². The molecule has 2 N–H and O–H groups in total. The van der Waals surface area contributed by atoms with Crippen LogP contribution in [0, 0.1) is 5.82 Å². The molecule has 0 aliphatic heterocycles. The molecule has 0 spiro atoms. The number of nitrogens with zero attached hydrogens (tertiary/aromatic N) is 2. The van der Waals surface area contributed by atoms with E-state index in [9.17, 15) is 4.39 Å². The van der Waals surface area contributed by atoms with Crippen LogP contribution in [0.3, 0.4) is 0 Å². The minimum absolute atomic E-state index is 0. The van der Waals surface area contributed by atoms with Crippen LogP contribution in [-0.4, -0.2) is 24.5 Å². The lowest BCUT2D eigenvalue weighted by molar-refractivity contribution is 0.573. The zero-order valence-electron chi connectivity index (χ0n) is 14.2. The van der Waals surface area contributed by atoms with Gasteiger partial charge in [0.25, 0.3) is 0 Å². The van der Waals surface area contributed by atoms with E-state index in [1.165, 1.54) is 6.07 Å². The Morgan fingerprint density at radius 3 is 2.81 bits per heavy atom. The monoisotopic (exact) mass is 486 g/mol. The summed E-state index contributed by atoms with van der Waals surface area (Å²) in [6.45, 7) is 1.08. The van der Waals surface area contributed by atoms with Crippen LogP contribution in [0.15, 0.2) is 57.5 Å². The lowest BCUT2D eigenvalue weighted by Crippen LogP contribution is -2.38. The van der Waals surface area contributed by atoms with Crippen LogP contribution in [0.2, 0.25) is 0 Å². The highest BCUT2D eigenvalue weighted by Gasteiger charge is 2.08. The number of hydrogen-bond donors (Lipinski definition) is 2. The Hall–Kier alpha value is -1.94. The van der Waals surface area contributed by atoms with Gasteiger partial charge < -0.3 is 15.1 Å². The molecular formula is C18H20FIN4OS. The molecule has 3 rings (SSSR count). The van der Waals surface area contributed by atoms with Crippen molar-refractivity contribution in [2.24, 2.45) is 4.99 Å². The highest BCUT2D eigenvalue weighted by atomic mass is 127. The standard InChI is InChI=1S/C18H19FN4OS.HI/c1-20-18(21-9-8-13-5-2-3-6-15(13)19)22-11-14-12-24-17(23-14)16-7-4-10-25-16;/h2-7,10,12H,8-9,11H2,1H3,(H2,20,21,22);1H. The quantitative estimate of drug-likeness (QED) is 0.314. The van der Waals surface area contributed by atoms with Crippen LogP contribution in [0.25, 0.3) is 10.8 Å². The Bertz CT molecular complexity index is 835. The van der Waals surface area contributed by atoms with Gasteiger partial charge >= 0.3 is 0 Å². The summed E-state index contributed by atoms with van der Waals surface area (Å²) in [7, 11) is 1.69. The number of oxazole rings is 1. The molecule has 138 valence electrons. The van der Waals surface area contributed by atoms with Crippen molar-refractivity contribution < 1.29 is 8.81 Å². The minimum Gasteiger partial charge on any atom is -0.443 e. The predicted molar refractivity (Wildman–Crippen MR) is 114 cm³/mol. The SMILES string of the molecule is CN=C(NCCc1ccccc1F)NCc1coc(-c2cccs2)n1.I.